The minimum absolute atomic E-state index is 0.120. The average Bonchev–Trinajstić information content (AvgIpc) is 2.64. The molecule has 1 aromatic carbocycles. The molecule has 27 heavy (non-hydrogen) atoms. The topological polar surface area (TPSA) is 128 Å². The maximum absolute atomic E-state index is 12.6. The van der Waals surface area contributed by atoms with Gasteiger partial charge in [0.2, 0.25) is 0 Å². The third-order valence-electron chi connectivity index (χ3n) is 4.12. The number of benzene rings is 1. The van der Waals surface area contributed by atoms with E-state index in [1.165, 1.54) is 25.3 Å². The average molecular weight is 376 g/mol. The number of esters is 2. The van der Waals surface area contributed by atoms with Crippen LogP contribution in [-0.2, 0) is 19.1 Å². The van der Waals surface area contributed by atoms with Crippen LogP contribution in [0.1, 0.15) is 25.3 Å². The molecular weight excluding hydrogens is 356 g/mol. The standard InChI is InChI=1S/C18H20N2O7/c1-10-14(17(22)26-3)16(12-5-4-6-13(9-12)20(24)25)15(11(2)19-10)18(23)27-8-7-21/h4-6,9,16,19,21H,7-8H2,1-3H3/t16-/m1/s1. The third kappa shape index (κ3) is 4.14. The molecule has 1 aliphatic heterocycles. The minimum atomic E-state index is -0.912. The van der Waals surface area contributed by atoms with Gasteiger partial charge in [-0.15, -0.1) is 0 Å². The molecule has 2 rings (SSSR count). The first-order valence-corrected chi connectivity index (χ1v) is 8.11. The van der Waals surface area contributed by atoms with Crippen molar-refractivity contribution in [2.24, 2.45) is 0 Å². The summed E-state index contributed by atoms with van der Waals surface area (Å²) < 4.78 is 9.88. The second-order valence-corrected chi connectivity index (χ2v) is 5.84. The Morgan fingerprint density at radius 2 is 1.85 bits per heavy atom. The first-order valence-electron chi connectivity index (χ1n) is 8.11. The number of carbonyl (C=O) groups excluding carboxylic acids is 2. The smallest absolute Gasteiger partial charge is 0.336 e. The quantitative estimate of drug-likeness (QED) is 0.435. The summed E-state index contributed by atoms with van der Waals surface area (Å²) >= 11 is 0. The SMILES string of the molecule is COC(=O)C1=C(C)NC(C)=C(C(=O)OCCO)[C@@H]1c1cccc([N+](=O)[O-])c1. The van der Waals surface area contributed by atoms with Crippen molar-refractivity contribution in [3.8, 4) is 0 Å². The van der Waals surface area contributed by atoms with E-state index in [-0.39, 0.29) is 30.0 Å². The molecule has 0 bridgehead atoms. The molecule has 144 valence electrons. The molecule has 0 unspecified atom stereocenters. The van der Waals surface area contributed by atoms with E-state index < -0.39 is 22.8 Å². The second-order valence-electron chi connectivity index (χ2n) is 5.84. The zero-order valence-corrected chi connectivity index (χ0v) is 15.1. The summed E-state index contributed by atoms with van der Waals surface area (Å²) in [5.41, 5.74) is 1.39. The van der Waals surface area contributed by atoms with Crippen molar-refractivity contribution in [2.75, 3.05) is 20.3 Å². The van der Waals surface area contributed by atoms with E-state index in [2.05, 4.69) is 5.32 Å². The zero-order chi connectivity index (χ0) is 20.1. The molecule has 0 amide bonds. The van der Waals surface area contributed by atoms with Gasteiger partial charge in [-0.05, 0) is 19.4 Å². The highest BCUT2D eigenvalue weighted by molar-refractivity contribution is 5.99. The van der Waals surface area contributed by atoms with E-state index in [0.717, 1.165) is 0 Å². The number of ether oxygens (including phenoxy) is 2. The van der Waals surface area contributed by atoms with Gasteiger partial charge in [-0.1, -0.05) is 12.1 Å². The monoisotopic (exact) mass is 376 g/mol. The summed E-state index contributed by atoms with van der Waals surface area (Å²) in [6.45, 7) is 2.71. The molecule has 0 aromatic heterocycles. The first-order chi connectivity index (χ1) is 12.8. The Morgan fingerprint density at radius 3 is 2.41 bits per heavy atom. The molecular formula is C18H20N2O7. The number of hydrogen-bond acceptors (Lipinski definition) is 8. The number of aliphatic hydroxyl groups excluding tert-OH is 1. The summed E-state index contributed by atoms with van der Waals surface area (Å²) in [6, 6.07) is 5.69. The summed E-state index contributed by atoms with van der Waals surface area (Å²) in [5, 5.41) is 23.0. The van der Waals surface area contributed by atoms with Gasteiger partial charge in [0.25, 0.3) is 5.69 Å². The molecule has 1 aliphatic rings. The number of dihydropyridines is 1. The molecule has 0 saturated heterocycles. The maximum Gasteiger partial charge on any atom is 0.336 e. The number of rotatable bonds is 6. The summed E-state index contributed by atoms with van der Waals surface area (Å²) in [5.74, 6) is -2.32. The van der Waals surface area contributed by atoms with Gasteiger partial charge in [0, 0.05) is 23.5 Å². The Bertz CT molecular complexity index is 842. The van der Waals surface area contributed by atoms with Crippen molar-refractivity contribution in [1.29, 1.82) is 0 Å². The maximum atomic E-state index is 12.6. The summed E-state index contributed by atoms with van der Waals surface area (Å²) in [6.07, 6.45) is 0. The van der Waals surface area contributed by atoms with Gasteiger partial charge in [0.1, 0.15) is 6.61 Å². The van der Waals surface area contributed by atoms with Gasteiger partial charge in [-0.25, -0.2) is 9.59 Å². The fourth-order valence-electron chi connectivity index (χ4n) is 3.01. The van der Waals surface area contributed by atoms with Crippen LogP contribution in [0.3, 0.4) is 0 Å². The van der Waals surface area contributed by atoms with E-state index in [1.54, 1.807) is 19.9 Å². The molecule has 0 aliphatic carbocycles. The number of hydrogen-bond donors (Lipinski definition) is 2. The van der Waals surface area contributed by atoms with Gasteiger partial charge in [-0.2, -0.15) is 0 Å². The molecule has 1 atom stereocenters. The Morgan fingerprint density at radius 1 is 1.22 bits per heavy atom. The van der Waals surface area contributed by atoms with Crippen LogP contribution in [0.2, 0.25) is 0 Å². The van der Waals surface area contributed by atoms with E-state index in [9.17, 15) is 19.7 Å². The van der Waals surface area contributed by atoms with Crippen molar-refractivity contribution in [1.82, 2.24) is 5.32 Å². The molecule has 0 fully saturated rings. The van der Waals surface area contributed by atoms with Gasteiger partial charge >= 0.3 is 11.9 Å². The van der Waals surface area contributed by atoms with Crippen molar-refractivity contribution in [2.45, 2.75) is 19.8 Å². The molecule has 0 radical (unpaired) electrons. The Balaban J connectivity index is 2.65. The number of carbonyl (C=O) groups is 2. The normalized spacial score (nSPS) is 16.7. The fourth-order valence-corrected chi connectivity index (χ4v) is 3.01. The van der Waals surface area contributed by atoms with Crippen LogP contribution in [0.4, 0.5) is 5.69 Å². The fraction of sp³-hybridized carbons (Fsp3) is 0.333. The van der Waals surface area contributed by atoms with Crippen LogP contribution in [0.25, 0.3) is 0 Å². The van der Waals surface area contributed by atoms with E-state index in [1.807, 2.05) is 0 Å². The van der Waals surface area contributed by atoms with Gasteiger partial charge in [0.15, 0.2) is 0 Å². The first kappa shape index (κ1) is 20.1. The van der Waals surface area contributed by atoms with E-state index in [0.29, 0.717) is 17.0 Å². The predicted molar refractivity (Wildman–Crippen MR) is 94.4 cm³/mol. The van der Waals surface area contributed by atoms with Crippen molar-refractivity contribution in [3.05, 3.63) is 62.5 Å². The lowest BCUT2D eigenvalue weighted by molar-refractivity contribution is -0.384. The van der Waals surface area contributed by atoms with Crippen LogP contribution in [0.15, 0.2) is 46.8 Å². The summed E-state index contributed by atoms with van der Waals surface area (Å²) in [7, 11) is 1.21. The molecule has 0 saturated carbocycles. The number of nitrogens with one attached hydrogen (secondary N) is 1. The van der Waals surface area contributed by atoms with Crippen molar-refractivity contribution in [3.63, 3.8) is 0 Å². The highest BCUT2D eigenvalue weighted by Gasteiger charge is 2.38. The number of methoxy groups -OCH3 is 1. The molecule has 2 N–H and O–H groups in total. The number of nitro benzene ring substituents is 1. The van der Waals surface area contributed by atoms with Gasteiger partial charge in [0.05, 0.1) is 35.7 Å². The van der Waals surface area contributed by atoms with Crippen LogP contribution in [-0.4, -0.2) is 42.3 Å². The molecule has 1 heterocycles. The lowest BCUT2D eigenvalue weighted by atomic mass is 9.80. The van der Waals surface area contributed by atoms with Crippen molar-refractivity contribution < 1.29 is 29.1 Å². The highest BCUT2D eigenvalue weighted by atomic mass is 16.6. The predicted octanol–water partition coefficient (Wildman–Crippen LogP) is 1.54. The number of nitro groups is 1. The number of allylic oxidation sites excluding steroid dienone is 2. The van der Waals surface area contributed by atoms with Gasteiger partial charge in [-0.3, -0.25) is 10.1 Å². The molecule has 9 heteroatoms. The van der Waals surface area contributed by atoms with Crippen LogP contribution in [0, 0.1) is 10.1 Å². The highest BCUT2D eigenvalue weighted by Crippen LogP contribution is 2.40. The number of aliphatic hydroxyl groups is 1. The largest absolute Gasteiger partial charge is 0.466 e. The third-order valence-corrected chi connectivity index (χ3v) is 4.12. The van der Waals surface area contributed by atoms with Crippen LogP contribution >= 0.6 is 0 Å². The molecule has 9 nitrogen and oxygen atoms in total. The van der Waals surface area contributed by atoms with Gasteiger partial charge < -0.3 is 19.9 Å². The Labute approximate surface area is 155 Å². The second kappa shape index (κ2) is 8.45. The molecule has 1 aromatic rings. The molecule has 0 spiro atoms. The summed E-state index contributed by atoms with van der Waals surface area (Å²) in [4.78, 5) is 35.6. The van der Waals surface area contributed by atoms with Crippen LogP contribution < -0.4 is 5.32 Å². The lowest BCUT2D eigenvalue weighted by Crippen LogP contribution is -2.32. The lowest BCUT2D eigenvalue weighted by Gasteiger charge is -2.30. The number of nitrogens with zero attached hydrogens (tertiary/aromatic N) is 1. The number of non-ortho nitro benzene ring substituents is 1. The van der Waals surface area contributed by atoms with Crippen molar-refractivity contribution >= 4 is 17.6 Å². The zero-order valence-electron chi connectivity index (χ0n) is 15.1. The van der Waals surface area contributed by atoms with E-state index in [4.69, 9.17) is 14.6 Å². The minimum Gasteiger partial charge on any atom is -0.466 e. The Kier molecular flexibility index (Phi) is 6.30. The van der Waals surface area contributed by atoms with E-state index >= 15 is 0 Å². The van der Waals surface area contributed by atoms with Crippen LogP contribution in [0.5, 0.6) is 0 Å². The Hall–Kier alpha value is -3.20.